The number of allylic oxidation sites excluding steroid dienone is 1. The molecule has 0 aliphatic carbocycles. The Balaban J connectivity index is 2.38. The van der Waals surface area contributed by atoms with E-state index in [1.54, 1.807) is 11.3 Å². The van der Waals surface area contributed by atoms with E-state index in [0.29, 0.717) is 17.0 Å². The van der Waals surface area contributed by atoms with E-state index in [-0.39, 0.29) is 0 Å². The van der Waals surface area contributed by atoms with Crippen molar-refractivity contribution in [2.45, 2.75) is 25.5 Å². The maximum absolute atomic E-state index is 8.97. The second kappa shape index (κ2) is 5.27. The Morgan fingerprint density at radius 3 is 3.06 bits per heavy atom. The highest BCUT2D eigenvalue weighted by molar-refractivity contribution is 7.98. The Labute approximate surface area is 109 Å². The first-order valence-electron chi connectivity index (χ1n) is 5.24. The van der Waals surface area contributed by atoms with Gasteiger partial charge in [-0.25, -0.2) is 0 Å². The first-order chi connectivity index (χ1) is 7.76. The third-order valence-electron chi connectivity index (χ3n) is 2.60. The molecule has 2 rings (SSSR count). The molecule has 4 heteroatoms. The van der Waals surface area contributed by atoms with Gasteiger partial charge in [-0.15, -0.1) is 11.3 Å². The summed E-state index contributed by atoms with van der Waals surface area (Å²) in [7, 11) is 0. The zero-order valence-corrected chi connectivity index (χ0v) is 11.4. The number of rotatable bonds is 2. The predicted octanol–water partition coefficient (Wildman–Crippen LogP) is 4.42. The molecule has 0 saturated heterocycles. The maximum Gasteiger partial charge on any atom is 0.0963 e. The fourth-order valence-electron chi connectivity index (χ4n) is 1.69. The van der Waals surface area contributed by atoms with Crippen molar-refractivity contribution in [3.63, 3.8) is 0 Å². The highest BCUT2D eigenvalue weighted by Crippen LogP contribution is 2.37. The molecule has 0 atom stereocenters. The van der Waals surface area contributed by atoms with E-state index >= 15 is 0 Å². The van der Waals surface area contributed by atoms with Gasteiger partial charge in [-0.05, 0) is 30.2 Å². The molecule has 1 aromatic rings. The van der Waals surface area contributed by atoms with Crippen LogP contribution in [0, 0.1) is 11.3 Å². The minimum absolute atomic E-state index is 0.648. The van der Waals surface area contributed by atoms with Crippen LogP contribution in [0.2, 0.25) is 0 Å². The van der Waals surface area contributed by atoms with Crippen molar-refractivity contribution in [3.8, 4) is 6.07 Å². The molecule has 0 saturated carbocycles. The molecule has 0 fully saturated rings. The van der Waals surface area contributed by atoms with E-state index in [4.69, 9.17) is 16.9 Å². The molecule has 1 aliphatic heterocycles. The number of nitriles is 1. The van der Waals surface area contributed by atoms with Crippen LogP contribution in [0.3, 0.4) is 0 Å². The summed E-state index contributed by atoms with van der Waals surface area (Å²) < 4.78 is 0. The molecule has 1 aromatic heterocycles. The first kappa shape index (κ1) is 12.0. The highest BCUT2D eigenvalue weighted by Gasteiger charge is 2.16. The van der Waals surface area contributed by atoms with Crippen molar-refractivity contribution < 1.29 is 0 Å². The van der Waals surface area contributed by atoms with Gasteiger partial charge in [-0.1, -0.05) is 18.5 Å². The molecule has 0 amide bonds. The Morgan fingerprint density at radius 1 is 1.62 bits per heavy atom. The number of fused-ring (bicyclic) bond motifs is 1. The zero-order chi connectivity index (χ0) is 11.5. The van der Waals surface area contributed by atoms with Gasteiger partial charge in [-0.2, -0.15) is 17.0 Å². The third kappa shape index (κ3) is 2.29. The Morgan fingerprint density at radius 2 is 2.44 bits per heavy atom. The summed E-state index contributed by atoms with van der Waals surface area (Å²) >= 11 is 9.97. The normalized spacial score (nSPS) is 16.3. The van der Waals surface area contributed by atoms with Crippen molar-refractivity contribution in [2.24, 2.45) is 0 Å². The fraction of sp³-hybridized carbons (Fsp3) is 0.417. The van der Waals surface area contributed by atoms with E-state index < -0.39 is 0 Å². The smallest absolute Gasteiger partial charge is 0.0963 e. The molecule has 84 valence electrons. The average molecular weight is 270 g/mol. The minimum atomic E-state index is 0.648. The molecule has 16 heavy (non-hydrogen) atoms. The quantitative estimate of drug-likeness (QED) is 0.742. The lowest BCUT2D eigenvalue weighted by molar-refractivity contribution is 1.13. The second-order valence-electron chi connectivity index (χ2n) is 3.62. The van der Waals surface area contributed by atoms with Gasteiger partial charge >= 0.3 is 0 Å². The molecular formula is C12H12ClNS2. The summed E-state index contributed by atoms with van der Waals surface area (Å²) in [6.07, 6.45) is 1.84. The molecule has 0 aromatic carbocycles. The lowest BCUT2D eigenvalue weighted by Crippen LogP contribution is -1.96. The average Bonchev–Trinajstić information content (AvgIpc) is 2.74. The van der Waals surface area contributed by atoms with Crippen molar-refractivity contribution in [1.29, 1.82) is 5.26 Å². The molecule has 0 unspecified atom stereocenters. The number of thioether (sulfide) groups is 1. The number of aryl methyl sites for hydroxylation is 1. The van der Waals surface area contributed by atoms with Crippen molar-refractivity contribution in [3.05, 3.63) is 27.0 Å². The van der Waals surface area contributed by atoms with Crippen LogP contribution in [0.15, 0.2) is 11.6 Å². The molecule has 2 heterocycles. The Hall–Kier alpha value is -0.430. The van der Waals surface area contributed by atoms with Crippen LogP contribution < -0.4 is 0 Å². The van der Waals surface area contributed by atoms with E-state index in [9.17, 15) is 0 Å². The van der Waals surface area contributed by atoms with Crippen molar-refractivity contribution >= 4 is 39.7 Å². The molecular weight excluding hydrogens is 258 g/mol. The van der Waals surface area contributed by atoms with Crippen LogP contribution in [0.1, 0.15) is 28.7 Å². The molecule has 1 aliphatic rings. The number of thiophene rings is 1. The van der Waals surface area contributed by atoms with Crippen LogP contribution >= 0.6 is 34.7 Å². The van der Waals surface area contributed by atoms with Crippen LogP contribution in [0.25, 0.3) is 5.03 Å². The van der Waals surface area contributed by atoms with E-state index in [1.807, 2.05) is 18.7 Å². The molecule has 0 radical (unpaired) electrons. The summed E-state index contributed by atoms with van der Waals surface area (Å²) in [5.74, 6) is 2.29. The number of halogens is 1. The third-order valence-corrected chi connectivity index (χ3v) is 5.40. The van der Waals surface area contributed by atoms with Gasteiger partial charge < -0.3 is 0 Å². The van der Waals surface area contributed by atoms with Crippen LogP contribution in [0.5, 0.6) is 0 Å². The lowest BCUT2D eigenvalue weighted by atomic mass is 10.2. The Kier molecular flexibility index (Phi) is 3.96. The van der Waals surface area contributed by atoms with Crippen molar-refractivity contribution in [2.75, 3.05) is 5.75 Å². The standard InChI is InChI=1S/C12H12ClNS2/c1-2-8(6-14)12(13)11-5-9-7-15-4-3-10(9)16-11/h5H,2-4,7H2,1H3. The number of hydrogen-bond donors (Lipinski definition) is 0. The highest BCUT2D eigenvalue weighted by atomic mass is 35.5. The number of hydrogen-bond acceptors (Lipinski definition) is 3. The van der Waals surface area contributed by atoms with Crippen LogP contribution in [-0.2, 0) is 12.2 Å². The van der Waals surface area contributed by atoms with Crippen molar-refractivity contribution in [1.82, 2.24) is 0 Å². The zero-order valence-electron chi connectivity index (χ0n) is 9.05. The minimum Gasteiger partial charge on any atom is -0.193 e. The summed E-state index contributed by atoms with van der Waals surface area (Å²) in [6, 6.07) is 4.33. The fourth-order valence-corrected chi connectivity index (χ4v) is 4.37. The van der Waals surface area contributed by atoms with Crippen LogP contribution in [0.4, 0.5) is 0 Å². The Bertz CT molecular complexity index is 444. The lowest BCUT2D eigenvalue weighted by Gasteiger charge is -2.08. The topological polar surface area (TPSA) is 23.8 Å². The van der Waals surface area contributed by atoms with Crippen LogP contribution in [-0.4, -0.2) is 5.75 Å². The van der Waals surface area contributed by atoms with Gasteiger partial charge in [0.05, 0.1) is 11.1 Å². The van der Waals surface area contributed by atoms with Gasteiger partial charge in [0.25, 0.3) is 0 Å². The van der Waals surface area contributed by atoms with Gasteiger partial charge in [0, 0.05) is 21.1 Å². The second-order valence-corrected chi connectivity index (χ2v) is 6.24. The van der Waals surface area contributed by atoms with Gasteiger partial charge in [0.2, 0.25) is 0 Å². The summed E-state index contributed by atoms with van der Waals surface area (Å²) in [6.45, 7) is 1.96. The van der Waals surface area contributed by atoms with E-state index in [1.165, 1.54) is 16.2 Å². The SMILES string of the molecule is CCC(C#N)=C(Cl)c1cc2c(s1)CCSC2. The molecule has 1 nitrogen and oxygen atoms in total. The molecule has 0 N–H and O–H groups in total. The summed E-state index contributed by atoms with van der Waals surface area (Å²) in [5, 5.41) is 9.62. The van der Waals surface area contributed by atoms with Gasteiger partial charge in [0.1, 0.15) is 0 Å². The molecule has 0 bridgehead atoms. The van der Waals surface area contributed by atoms with Gasteiger partial charge in [-0.3, -0.25) is 0 Å². The molecule has 0 spiro atoms. The van der Waals surface area contributed by atoms with E-state index in [0.717, 1.165) is 17.1 Å². The summed E-state index contributed by atoms with van der Waals surface area (Å²) in [4.78, 5) is 2.51. The summed E-state index contributed by atoms with van der Waals surface area (Å²) in [5.41, 5.74) is 2.09. The van der Waals surface area contributed by atoms with E-state index in [2.05, 4.69) is 12.1 Å². The largest absolute Gasteiger partial charge is 0.193 e. The monoisotopic (exact) mass is 269 g/mol. The van der Waals surface area contributed by atoms with Gasteiger partial charge in [0.15, 0.2) is 0 Å². The predicted molar refractivity (Wildman–Crippen MR) is 72.9 cm³/mol. The maximum atomic E-state index is 8.97. The first-order valence-corrected chi connectivity index (χ1v) is 7.59. The number of nitrogens with zero attached hydrogens (tertiary/aromatic N) is 1.